The summed E-state index contributed by atoms with van der Waals surface area (Å²) in [5.41, 5.74) is 7.90. The van der Waals surface area contributed by atoms with E-state index in [2.05, 4.69) is 5.32 Å². The summed E-state index contributed by atoms with van der Waals surface area (Å²) < 4.78 is 5.04. The molecule has 2 aromatic carbocycles. The third kappa shape index (κ3) is 4.12. The highest BCUT2D eigenvalue weighted by Crippen LogP contribution is 2.31. The number of esters is 1. The first-order valence-corrected chi connectivity index (χ1v) is 9.48. The molecule has 6 heteroatoms. The van der Waals surface area contributed by atoms with Crippen molar-refractivity contribution in [1.29, 1.82) is 0 Å². The standard InChI is InChI=1S/C22H24N2O4/c1-14(23)22(27)28-13-6-2-5-12-24-18-11-7-10-17-19(18)21(26)16-9-4-3-8-15(16)20(17)25/h3-4,7-11,14,24H,2,5-6,12-13,23H2,1H3/t14-/m1/s1. The molecule has 0 aliphatic heterocycles. The molecule has 6 nitrogen and oxygen atoms in total. The molecule has 0 unspecified atom stereocenters. The first-order chi connectivity index (χ1) is 13.5. The minimum atomic E-state index is -0.601. The summed E-state index contributed by atoms with van der Waals surface area (Å²) >= 11 is 0. The number of nitrogens with one attached hydrogen (secondary N) is 1. The minimum Gasteiger partial charge on any atom is -0.465 e. The van der Waals surface area contributed by atoms with E-state index in [0.29, 0.717) is 41.1 Å². The lowest BCUT2D eigenvalue weighted by molar-refractivity contribution is -0.144. The smallest absolute Gasteiger partial charge is 0.322 e. The van der Waals surface area contributed by atoms with E-state index < -0.39 is 12.0 Å². The lowest BCUT2D eigenvalue weighted by atomic mass is 9.83. The number of carbonyl (C=O) groups excluding carboxylic acids is 3. The molecule has 3 rings (SSSR count). The van der Waals surface area contributed by atoms with Gasteiger partial charge in [0.05, 0.1) is 12.2 Å². The van der Waals surface area contributed by atoms with Crippen molar-refractivity contribution in [3.63, 3.8) is 0 Å². The molecule has 0 amide bonds. The molecule has 2 aromatic rings. The summed E-state index contributed by atoms with van der Waals surface area (Å²) in [5, 5.41) is 3.27. The maximum Gasteiger partial charge on any atom is 0.322 e. The Morgan fingerprint density at radius 2 is 1.64 bits per heavy atom. The van der Waals surface area contributed by atoms with Crippen molar-refractivity contribution in [2.24, 2.45) is 5.73 Å². The molecule has 0 bridgehead atoms. The van der Waals surface area contributed by atoms with E-state index >= 15 is 0 Å². The normalized spacial score (nSPS) is 13.5. The second-order valence-electron chi connectivity index (χ2n) is 6.88. The average Bonchev–Trinajstić information content (AvgIpc) is 2.70. The van der Waals surface area contributed by atoms with Gasteiger partial charge in [-0.15, -0.1) is 0 Å². The zero-order valence-electron chi connectivity index (χ0n) is 15.9. The number of ether oxygens (including phenoxy) is 1. The van der Waals surface area contributed by atoms with Gasteiger partial charge in [0.15, 0.2) is 11.6 Å². The van der Waals surface area contributed by atoms with Crippen molar-refractivity contribution >= 4 is 23.2 Å². The van der Waals surface area contributed by atoms with E-state index in [1.807, 2.05) is 6.07 Å². The number of hydrogen-bond acceptors (Lipinski definition) is 6. The van der Waals surface area contributed by atoms with E-state index in [1.54, 1.807) is 43.3 Å². The molecular weight excluding hydrogens is 356 g/mol. The summed E-state index contributed by atoms with van der Waals surface area (Å²) in [6.07, 6.45) is 2.46. The van der Waals surface area contributed by atoms with Crippen LogP contribution in [0.15, 0.2) is 42.5 Å². The summed E-state index contributed by atoms with van der Waals surface area (Å²) in [7, 11) is 0. The van der Waals surface area contributed by atoms with E-state index in [1.165, 1.54) is 0 Å². The van der Waals surface area contributed by atoms with E-state index in [4.69, 9.17) is 10.5 Å². The number of nitrogens with two attached hydrogens (primary N) is 1. The van der Waals surface area contributed by atoms with Crippen LogP contribution in [0.25, 0.3) is 0 Å². The Morgan fingerprint density at radius 1 is 0.964 bits per heavy atom. The molecular formula is C22H24N2O4. The molecule has 0 saturated heterocycles. The summed E-state index contributed by atoms with van der Waals surface area (Å²) in [6.45, 7) is 2.60. The van der Waals surface area contributed by atoms with Crippen LogP contribution in [0, 0.1) is 0 Å². The van der Waals surface area contributed by atoms with Gasteiger partial charge >= 0.3 is 5.97 Å². The van der Waals surface area contributed by atoms with E-state index in [0.717, 1.165) is 19.3 Å². The van der Waals surface area contributed by atoms with Crippen LogP contribution in [0.3, 0.4) is 0 Å². The highest BCUT2D eigenvalue weighted by atomic mass is 16.5. The molecule has 0 heterocycles. The number of fused-ring (bicyclic) bond motifs is 2. The summed E-state index contributed by atoms with van der Waals surface area (Å²) in [6, 6.07) is 11.6. The quantitative estimate of drug-likeness (QED) is 0.460. The fraction of sp³-hybridized carbons (Fsp3) is 0.318. The first kappa shape index (κ1) is 19.8. The third-order valence-electron chi connectivity index (χ3n) is 4.71. The number of ketones is 2. The number of anilines is 1. The largest absolute Gasteiger partial charge is 0.465 e. The predicted octanol–water partition coefficient (Wildman–Crippen LogP) is 2.93. The topological polar surface area (TPSA) is 98.5 Å². The number of unbranched alkanes of at least 4 members (excludes halogenated alkanes) is 2. The maximum atomic E-state index is 12.9. The molecule has 0 aromatic heterocycles. The SMILES string of the molecule is C[C@@H](N)C(=O)OCCCCCNc1cccc2c1C(=O)c1ccccc1C2=O. The van der Waals surface area contributed by atoms with Crippen molar-refractivity contribution in [3.8, 4) is 0 Å². The van der Waals surface area contributed by atoms with Crippen molar-refractivity contribution in [2.45, 2.75) is 32.2 Å². The molecule has 1 atom stereocenters. The van der Waals surface area contributed by atoms with Gasteiger partial charge in [0.25, 0.3) is 0 Å². The Bertz CT molecular complexity index is 905. The number of rotatable bonds is 8. The molecule has 0 radical (unpaired) electrons. The predicted molar refractivity (Wildman–Crippen MR) is 107 cm³/mol. The molecule has 0 saturated carbocycles. The van der Waals surface area contributed by atoms with Crippen LogP contribution < -0.4 is 11.1 Å². The van der Waals surface area contributed by atoms with Crippen LogP contribution in [-0.4, -0.2) is 36.7 Å². The van der Waals surface area contributed by atoms with Gasteiger partial charge in [-0.05, 0) is 32.3 Å². The van der Waals surface area contributed by atoms with Gasteiger partial charge in [-0.2, -0.15) is 0 Å². The zero-order valence-corrected chi connectivity index (χ0v) is 15.9. The Kier molecular flexibility index (Phi) is 6.21. The average molecular weight is 380 g/mol. The van der Waals surface area contributed by atoms with E-state index in [-0.39, 0.29) is 11.6 Å². The highest BCUT2D eigenvalue weighted by molar-refractivity contribution is 6.30. The second-order valence-corrected chi connectivity index (χ2v) is 6.88. The van der Waals surface area contributed by atoms with Crippen LogP contribution in [0.4, 0.5) is 5.69 Å². The Balaban J connectivity index is 1.58. The van der Waals surface area contributed by atoms with Crippen LogP contribution in [0.1, 0.15) is 58.0 Å². The zero-order chi connectivity index (χ0) is 20.1. The van der Waals surface area contributed by atoms with Gasteiger partial charge in [0.1, 0.15) is 6.04 Å². The number of carbonyl (C=O) groups is 3. The summed E-state index contributed by atoms with van der Waals surface area (Å²) in [4.78, 5) is 36.9. The van der Waals surface area contributed by atoms with Gasteiger partial charge in [-0.3, -0.25) is 14.4 Å². The second kappa shape index (κ2) is 8.80. The van der Waals surface area contributed by atoms with Crippen molar-refractivity contribution in [1.82, 2.24) is 0 Å². The van der Waals surface area contributed by atoms with Gasteiger partial charge in [0.2, 0.25) is 0 Å². The Morgan fingerprint density at radius 3 is 2.36 bits per heavy atom. The number of benzene rings is 2. The minimum absolute atomic E-state index is 0.121. The first-order valence-electron chi connectivity index (χ1n) is 9.48. The lowest BCUT2D eigenvalue weighted by Crippen LogP contribution is -2.28. The Labute approximate surface area is 164 Å². The maximum absolute atomic E-state index is 12.9. The molecule has 0 fully saturated rings. The molecule has 146 valence electrons. The monoisotopic (exact) mass is 380 g/mol. The van der Waals surface area contributed by atoms with Crippen molar-refractivity contribution in [3.05, 3.63) is 64.7 Å². The van der Waals surface area contributed by atoms with Crippen LogP contribution in [0.2, 0.25) is 0 Å². The van der Waals surface area contributed by atoms with Crippen LogP contribution in [0.5, 0.6) is 0 Å². The van der Waals surface area contributed by atoms with Gasteiger partial charge in [0, 0.05) is 28.9 Å². The molecule has 0 spiro atoms. The van der Waals surface area contributed by atoms with Gasteiger partial charge < -0.3 is 15.8 Å². The number of hydrogen-bond donors (Lipinski definition) is 2. The summed E-state index contributed by atoms with van der Waals surface area (Å²) in [5.74, 6) is -0.640. The van der Waals surface area contributed by atoms with Crippen molar-refractivity contribution in [2.75, 3.05) is 18.5 Å². The molecule has 1 aliphatic carbocycles. The van der Waals surface area contributed by atoms with Crippen LogP contribution in [-0.2, 0) is 9.53 Å². The third-order valence-corrected chi connectivity index (χ3v) is 4.71. The Hall–Kier alpha value is -2.99. The fourth-order valence-electron chi connectivity index (χ4n) is 3.22. The van der Waals surface area contributed by atoms with Crippen LogP contribution >= 0.6 is 0 Å². The highest BCUT2D eigenvalue weighted by Gasteiger charge is 2.31. The molecule has 1 aliphatic rings. The molecule has 3 N–H and O–H groups in total. The fourth-order valence-corrected chi connectivity index (χ4v) is 3.22. The lowest BCUT2D eigenvalue weighted by Gasteiger charge is -2.20. The van der Waals surface area contributed by atoms with Gasteiger partial charge in [-0.1, -0.05) is 36.4 Å². The van der Waals surface area contributed by atoms with E-state index in [9.17, 15) is 14.4 Å². The van der Waals surface area contributed by atoms with Crippen molar-refractivity contribution < 1.29 is 19.1 Å². The molecule has 28 heavy (non-hydrogen) atoms. The van der Waals surface area contributed by atoms with Gasteiger partial charge in [-0.25, -0.2) is 0 Å².